The standard InChI is InChI=1S/C12H18N2O5S/c1-7(2)10(6-15)14-20(18,19)11-4-3-8(13)5-9(11)12(16)17/h3-5,7,10,14-15H,6,13H2,1-2H3,(H,16,17)/t10-/m1/s1. The Kier molecular flexibility index (Phi) is 5.09. The van der Waals surface area contributed by atoms with Crippen molar-refractivity contribution in [2.45, 2.75) is 24.8 Å². The minimum Gasteiger partial charge on any atom is -0.478 e. The summed E-state index contributed by atoms with van der Waals surface area (Å²) in [6.07, 6.45) is 0. The summed E-state index contributed by atoms with van der Waals surface area (Å²) in [4.78, 5) is 10.7. The van der Waals surface area contributed by atoms with Crippen LogP contribution in [0.15, 0.2) is 23.1 Å². The van der Waals surface area contributed by atoms with Gasteiger partial charge in [0.2, 0.25) is 10.0 Å². The number of carboxylic acids is 1. The van der Waals surface area contributed by atoms with E-state index in [1.807, 2.05) is 0 Å². The summed E-state index contributed by atoms with van der Waals surface area (Å²) < 4.78 is 26.7. The topological polar surface area (TPSA) is 130 Å². The molecule has 0 heterocycles. The Morgan fingerprint density at radius 3 is 2.45 bits per heavy atom. The summed E-state index contributed by atoms with van der Waals surface area (Å²) in [5.74, 6) is -1.53. The van der Waals surface area contributed by atoms with E-state index in [-0.39, 0.29) is 23.1 Å². The van der Waals surface area contributed by atoms with Crippen molar-refractivity contribution >= 4 is 21.7 Å². The molecule has 0 aliphatic carbocycles. The van der Waals surface area contributed by atoms with Gasteiger partial charge in [-0.25, -0.2) is 17.9 Å². The number of benzene rings is 1. The molecule has 0 saturated heterocycles. The molecule has 0 bridgehead atoms. The number of nitrogens with two attached hydrogens (primary N) is 1. The SMILES string of the molecule is CC(C)[C@@H](CO)NS(=O)(=O)c1ccc(N)cc1C(=O)O. The van der Waals surface area contributed by atoms with E-state index in [1.165, 1.54) is 6.07 Å². The monoisotopic (exact) mass is 302 g/mol. The molecule has 0 unspecified atom stereocenters. The van der Waals surface area contributed by atoms with E-state index in [9.17, 15) is 13.2 Å². The van der Waals surface area contributed by atoms with Crippen LogP contribution < -0.4 is 10.5 Å². The number of aliphatic hydroxyl groups excluding tert-OH is 1. The van der Waals surface area contributed by atoms with Crippen LogP contribution in [0.2, 0.25) is 0 Å². The summed E-state index contributed by atoms with van der Waals surface area (Å²) >= 11 is 0. The van der Waals surface area contributed by atoms with Crippen molar-refractivity contribution in [3.63, 3.8) is 0 Å². The van der Waals surface area contributed by atoms with E-state index in [2.05, 4.69) is 4.72 Å². The molecule has 0 amide bonds. The van der Waals surface area contributed by atoms with Gasteiger partial charge in [-0.05, 0) is 24.1 Å². The van der Waals surface area contributed by atoms with Crippen LogP contribution >= 0.6 is 0 Å². The van der Waals surface area contributed by atoms with E-state index < -0.39 is 27.6 Å². The number of carboxylic acid groups (broad SMARTS) is 1. The highest BCUT2D eigenvalue weighted by atomic mass is 32.2. The third-order valence-corrected chi connectivity index (χ3v) is 4.38. The molecule has 0 saturated carbocycles. The number of hydrogen-bond acceptors (Lipinski definition) is 5. The first-order valence-corrected chi connectivity index (χ1v) is 7.43. The highest BCUT2D eigenvalue weighted by Crippen LogP contribution is 2.20. The van der Waals surface area contributed by atoms with Gasteiger partial charge in [-0.3, -0.25) is 0 Å². The third kappa shape index (κ3) is 3.69. The van der Waals surface area contributed by atoms with E-state index in [1.54, 1.807) is 13.8 Å². The summed E-state index contributed by atoms with van der Waals surface area (Å²) in [6, 6.07) is 2.83. The number of hydrogen-bond donors (Lipinski definition) is 4. The fraction of sp³-hybridized carbons (Fsp3) is 0.417. The molecule has 0 aliphatic rings. The number of rotatable bonds is 6. The third-order valence-electron chi connectivity index (χ3n) is 2.83. The van der Waals surface area contributed by atoms with E-state index in [0.717, 1.165) is 12.1 Å². The minimum atomic E-state index is -4.06. The van der Waals surface area contributed by atoms with E-state index in [0.29, 0.717) is 0 Å². The predicted molar refractivity (Wildman–Crippen MR) is 73.8 cm³/mol. The molecule has 1 rings (SSSR count). The number of sulfonamides is 1. The first-order valence-electron chi connectivity index (χ1n) is 5.95. The Hall–Kier alpha value is -1.64. The van der Waals surface area contributed by atoms with Gasteiger partial charge in [0.05, 0.1) is 17.1 Å². The molecular formula is C12H18N2O5S. The molecule has 20 heavy (non-hydrogen) atoms. The summed E-state index contributed by atoms with van der Waals surface area (Å²) in [5.41, 5.74) is 5.22. The van der Waals surface area contributed by atoms with Gasteiger partial charge in [0.15, 0.2) is 0 Å². The first-order chi connectivity index (χ1) is 9.19. The maximum atomic E-state index is 12.2. The zero-order valence-corrected chi connectivity index (χ0v) is 12.0. The largest absolute Gasteiger partial charge is 0.478 e. The second-order valence-electron chi connectivity index (χ2n) is 4.72. The van der Waals surface area contributed by atoms with E-state index in [4.69, 9.17) is 15.9 Å². The lowest BCUT2D eigenvalue weighted by Crippen LogP contribution is -2.41. The van der Waals surface area contributed by atoms with Gasteiger partial charge in [-0.2, -0.15) is 0 Å². The van der Waals surface area contributed by atoms with Crippen LogP contribution in [0.25, 0.3) is 0 Å². The van der Waals surface area contributed by atoms with Gasteiger partial charge in [-0.1, -0.05) is 13.8 Å². The Morgan fingerprint density at radius 2 is 2.00 bits per heavy atom. The van der Waals surface area contributed by atoms with E-state index >= 15 is 0 Å². The number of aliphatic hydroxyl groups is 1. The molecule has 1 aromatic carbocycles. The molecule has 5 N–H and O–H groups in total. The summed E-state index contributed by atoms with van der Waals surface area (Å²) in [5, 5.41) is 18.2. The lowest BCUT2D eigenvalue weighted by Gasteiger charge is -2.20. The van der Waals surface area contributed by atoms with Crippen molar-refractivity contribution in [2.75, 3.05) is 12.3 Å². The second-order valence-corrected chi connectivity index (χ2v) is 6.40. The van der Waals surface area contributed by atoms with Gasteiger partial charge in [0.1, 0.15) is 0 Å². The normalized spacial score (nSPS) is 13.4. The zero-order valence-electron chi connectivity index (χ0n) is 11.2. The molecule has 0 radical (unpaired) electrons. The van der Waals surface area contributed by atoms with Crippen molar-refractivity contribution in [1.82, 2.24) is 4.72 Å². The molecule has 0 aliphatic heterocycles. The molecular weight excluding hydrogens is 284 g/mol. The fourth-order valence-electron chi connectivity index (χ4n) is 1.60. The smallest absolute Gasteiger partial charge is 0.337 e. The van der Waals surface area contributed by atoms with Crippen LogP contribution in [-0.2, 0) is 10.0 Å². The van der Waals surface area contributed by atoms with Gasteiger partial charge >= 0.3 is 5.97 Å². The maximum absolute atomic E-state index is 12.2. The number of nitrogens with one attached hydrogen (secondary N) is 1. The number of nitrogen functional groups attached to an aromatic ring is 1. The average Bonchev–Trinajstić information content (AvgIpc) is 2.35. The molecule has 0 spiro atoms. The number of carbonyl (C=O) groups is 1. The minimum absolute atomic E-state index is 0.142. The van der Waals surface area contributed by atoms with Crippen molar-refractivity contribution in [2.24, 2.45) is 5.92 Å². The predicted octanol–water partition coefficient (Wildman–Crippen LogP) is 0.262. The van der Waals surface area contributed by atoms with Crippen LogP contribution in [0.3, 0.4) is 0 Å². The quantitative estimate of drug-likeness (QED) is 0.558. The fourth-order valence-corrected chi connectivity index (χ4v) is 3.15. The molecule has 1 atom stereocenters. The Bertz CT molecular complexity index is 598. The molecule has 0 fully saturated rings. The number of aromatic carboxylic acids is 1. The second kappa shape index (κ2) is 6.21. The van der Waals surface area contributed by atoms with Crippen LogP contribution in [-0.4, -0.2) is 37.2 Å². The van der Waals surface area contributed by atoms with Gasteiger partial charge in [-0.15, -0.1) is 0 Å². The van der Waals surface area contributed by atoms with Crippen molar-refractivity contribution in [3.8, 4) is 0 Å². The highest BCUT2D eigenvalue weighted by molar-refractivity contribution is 7.89. The lowest BCUT2D eigenvalue weighted by molar-refractivity contribution is 0.0692. The Labute approximate surface area is 117 Å². The van der Waals surface area contributed by atoms with Gasteiger partial charge in [0, 0.05) is 11.7 Å². The molecule has 112 valence electrons. The average molecular weight is 302 g/mol. The van der Waals surface area contributed by atoms with Gasteiger partial charge < -0.3 is 15.9 Å². The van der Waals surface area contributed by atoms with Crippen LogP contribution in [0.5, 0.6) is 0 Å². The zero-order chi connectivity index (χ0) is 15.5. The first kappa shape index (κ1) is 16.4. The van der Waals surface area contributed by atoms with Crippen LogP contribution in [0, 0.1) is 5.92 Å². The Morgan fingerprint density at radius 1 is 1.40 bits per heavy atom. The summed E-state index contributed by atoms with van der Waals surface area (Å²) in [6.45, 7) is 3.10. The van der Waals surface area contributed by atoms with Crippen molar-refractivity contribution in [3.05, 3.63) is 23.8 Å². The van der Waals surface area contributed by atoms with Gasteiger partial charge in [0.25, 0.3) is 0 Å². The van der Waals surface area contributed by atoms with Crippen LogP contribution in [0.4, 0.5) is 5.69 Å². The van der Waals surface area contributed by atoms with Crippen molar-refractivity contribution < 1.29 is 23.4 Å². The van der Waals surface area contributed by atoms with Crippen LogP contribution in [0.1, 0.15) is 24.2 Å². The summed E-state index contributed by atoms with van der Waals surface area (Å²) in [7, 11) is -4.06. The number of anilines is 1. The molecule has 7 nitrogen and oxygen atoms in total. The Balaban J connectivity index is 3.25. The van der Waals surface area contributed by atoms with Crippen molar-refractivity contribution in [1.29, 1.82) is 0 Å². The highest BCUT2D eigenvalue weighted by Gasteiger charge is 2.26. The molecule has 1 aromatic rings. The lowest BCUT2D eigenvalue weighted by atomic mass is 10.1. The molecule has 0 aromatic heterocycles. The molecule has 8 heteroatoms. The maximum Gasteiger partial charge on any atom is 0.337 e.